The van der Waals surface area contributed by atoms with Gasteiger partial charge in [0, 0.05) is 6.07 Å². The first-order chi connectivity index (χ1) is 7.26. The summed E-state index contributed by atoms with van der Waals surface area (Å²) in [6.45, 7) is 0. The van der Waals surface area contributed by atoms with Crippen molar-refractivity contribution in [2.45, 2.75) is 0 Å². The van der Waals surface area contributed by atoms with Crippen LogP contribution in [0.15, 0.2) is 30.5 Å². The van der Waals surface area contributed by atoms with Gasteiger partial charge < -0.3 is 9.47 Å². The third-order valence-electron chi connectivity index (χ3n) is 2.50. The van der Waals surface area contributed by atoms with E-state index in [1.54, 1.807) is 14.2 Å². The van der Waals surface area contributed by atoms with E-state index in [1.807, 2.05) is 31.4 Å². The molecular weight excluding hydrogens is 190 g/mol. The highest BCUT2D eigenvalue weighted by Crippen LogP contribution is 2.30. The number of hydrogen-bond donors (Lipinski definition) is 0. The van der Waals surface area contributed by atoms with Crippen molar-refractivity contribution >= 4 is 10.9 Å². The zero-order chi connectivity index (χ0) is 10.8. The van der Waals surface area contributed by atoms with Gasteiger partial charge in [0.1, 0.15) is 7.05 Å². The molecule has 0 amide bonds. The van der Waals surface area contributed by atoms with Gasteiger partial charge in [-0.3, -0.25) is 0 Å². The molecule has 78 valence electrons. The van der Waals surface area contributed by atoms with Gasteiger partial charge >= 0.3 is 0 Å². The highest BCUT2D eigenvalue weighted by molar-refractivity contribution is 5.79. The summed E-state index contributed by atoms with van der Waals surface area (Å²) in [5.41, 5.74) is 1.12. The highest BCUT2D eigenvalue weighted by atomic mass is 16.5. The Labute approximate surface area is 88.9 Å². The van der Waals surface area contributed by atoms with Crippen LogP contribution in [0, 0.1) is 0 Å². The van der Waals surface area contributed by atoms with Gasteiger partial charge in [-0.15, -0.1) is 0 Å². The van der Waals surface area contributed by atoms with Crippen molar-refractivity contribution in [3.8, 4) is 11.5 Å². The van der Waals surface area contributed by atoms with Gasteiger partial charge in [-0.1, -0.05) is 0 Å². The Morgan fingerprint density at radius 3 is 2.40 bits per heavy atom. The first-order valence-electron chi connectivity index (χ1n) is 4.76. The lowest BCUT2D eigenvalue weighted by atomic mass is 10.2. The molecule has 1 aromatic carbocycles. The molecule has 2 aromatic rings. The molecule has 0 saturated carbocycles. The number of hydrogen-bond acceptors (Lipinski definition) is 2. The maximum absolute atomic E-state index is 5.26. The van der Waals surface area contributed by atoms with Crippen LogP contribution in [0.1, 0.15) is 0 Å². The second kappa shape index (κ2) is 3.77. The van der Waals surface area contributed by atoms with Crippen molar-refractivity contribution < 1.29 is 14.0 Å². The minimum absolute atomic E-state index is 0.756. The van der Waals surface area contributed by atoms with Gasteiger partial charge in [0.25, 0.3) is 0 Å². The molecule has 0 bridgehead atoms. The van der Waals surface area contributed by atoms with Crippen LogP contribution in [0.5, 0.6) is 11.5 Å². The molecule has 0 fully saturated rings. The van der Waals surface area contributed by atoms with Crippen LogP contribution in [0.4, 0.5) is 0 Å². The SMILES string of the molecule is COc1cc2ccc[n+](C)c2cc1OC. The van der Waals surface area contributed by atoms with Crippen molar-refractivity contribution in [1.82, 2.24) is 0 Å². The van der Waals surface area contributed by atoms with E-state index >= 15 is 0 Å². The molecule has 3 nitrogen and oxygen atoms in total. The van der Waals surface area contributed by atoms with Crippen molar-refractivity contribution in [2.24, 2.45) is 7.05 Å². The number of benzene rings is 1. The Bertz CT molecular complexity index is 494. The van der Waals surface area contributed by atoms with Crippen molar-refractivity contribution in [1.29, 1.82) is 0 Å². The molecule has 0 atom stereocenters. The zero-order valence-corrected chi connectivity index (χ0v) is 9.15. The topological polar surface area (TPSA) is 22.3 Å². The molecule has 0 radical (unpaired) electrons. The minimum atomic E-state index is 0.756. The van der Waals surface area contributed by atoms with Gasteiger partial charge in [0.15, 0.2) is 17.7 Å². The zero-order valence-electron chi connectivity index (χ0n) is 9.15. The van der Waals surface area contributed by atoms with E-state index in [-0.39, 0.29) is 0 Å². The minimum Gasteiger partial charge on any atom is -0.493 e. The summed E-state index contributed by atoms with van der Waals surface area (Å²) in [5, 5.41) is 1.14. The molecule has 1 aromatic heterocycles. The molecule has 0 aliphatic rings. The van der Waals surface area contributed by atoms with E-state index in [0.29, 0.717) is 0 Å². The first kappa shape index (κ1) is 9.77. The molecule has 1 heterocycles. The van der Waals surface area contributed by atoms with Gasteiger partial charge in [0.2, 0.25) is 5.52 Å². The Kier molecular flexibility index (Phi) is 2.46. The lowest BCUT2D eigenvalue weighted by Gasteiger charge is -2.07. The Hall–Kier alpha value is -1.77. The molecule has 0 unspecified atom stereocenters. The molecule has 0 saturated heterocycles. The maximum Gasteiger partial charge on any atom is 0.216 e. The predicted octanol–water partition coefficient (Wildman–Crippen LogP) is 1.68. The van der Waals surface area contributed by atoms with Gasteiger partial charge in [-0.05, 0) is 12.1 Å². The summed E-state index contributed by atoms with van der Waals surface area (Å²) in [6.07, 6.45) is 2.01. The normalized spacial score (nSPS) is 10.3. The second-order valence-electron chi connectivity index (χ2n) is 3.39. The maximum atomic E-state index is 5.26. The third kappa shape index (κ3) is 1.61. The Balaban J connectivity index is 2.75. The third-order valence-corrected chi connectivity index (χ3v) is 2.50. The van der Waals surface area contributed by atoms with Crippen molar-refractivity contribution in [3.63, 3.8) is 0 Å². The molecular formula is C12H14NO2+. The van der Waals surface area contributed by atoms with E-state index < -0.39 is 0 Å². The molecule has 3 heteroatoms. The van der Waals surface area contributed by atoms with Crippen LogP contribution in [0.3, 0.4) is 0 Å². The summed E-state index contributed by atoms with van der Waals surface area (Å²) < 4.78 is 12.6. The van der Waals surface area contributed by atoms with Crippen LogP contribution in [0.2, 0.25) is 0 Å². The van der Waals surface area contributed by atoms with Crippen LogP contribution in [0.25, 0.3) is 10.9 Å². The molecule has 0 N–H and O–H groups in total. The number of fused-ring (bicyclic) bond motifs is 1. The quantitative estimate of drug-likeness (QED) is 0.694. The molecule has 2 rings (SSSR count). The van der Waals surface area contributed by atoms with E-state index in [2.05, 4.69) is 10.6 Å². The number of pyridine rings is 1. The summed E-state index contributed by atoms with van der Waals surface area (Å²) in [7, 11) is 5.30. The number of aryl methyl sites for hydroxylation is 1. The van der Waals surface area contributed by atoms with Gasteiger partial charge in [0.05, 0.1) is 25.7 Å². The van der Waals surface area contributed by atoms with Crippen LogP contribution >= 0.6 is 0 Å². The van der Waals surface area contributed by atoms with E-state index in [9.17, 15) is 0 Å². The highest BCUT2D eigenvalue weighted by Gasteiger charge is 2.10. The summed E-state index contributed by atoms with van der Waals surface area (Å²) >= 11 is 0. The average molecular weight is 204 g/mol. The van der Waals surface area contributed by atoms with E-state index in [4.69, 9.17) is 9.47 Å². The van der Waals surface area contributed by atoms with Crippen LogP contribution in [-0.2, 0) is 7.05 Å². The molecule has 0 aliphatic heterocycles. The number of ether oxygens (including phenoxy) is 2. The molecule has 0 aliphatic carbocycles. The van der Waals surface area contributed by atoms with Crippen LogP contribution in [-0.4, -0.2) is 14.2 Å². The van der Waals surface area contributed by atoms with Gasteiger partial charge in [-0.25, -0.2) is 4.57 Å². The standard InChI is InChI=1S/C12H14NO2/c1-13-6-4-5-9-7-11(14-2)12(15-3)8-10(9)13/h4-8H,1-3H3/q+1. The largest absolute Gasteiger partial charge is 0.493 e. The van der Waals surface area contributed by atoms with Crippen molar-refractivity contribution in [3.05, 3.63) is 30.5 Å². The lowest BCUT2D eigenvalue weighted by Crippen LogP contribution is -2.27. The average Bonchev–Trinajstić information content (AvgIpc) is 2.28. The fourth-order valence-corrected chi connectivity index (χ4v) is 1.68. The second-order valence-corrected chi connectivity index (χ2v) is 3.39. The number of methoxy groups -OCH3 is 2. The molecule has 0 spiro atoms. The van der Waals surface area contributed by atoms with Crippen LogP contribution < -0.4 is 14.0 Å². The summed E-state index contributed by atoms with van der Waals surface area (Å²) in [6, 6.07) is 8.02. The van der Waals surface area contributed by atoms with E-state index in [0.717, 1.165) is 22.4 Å². The van der Waals surface area contributed by atoms with E-state index in [1.165, 1.54) is 0 Å². The smallest absolute Gasteiger partial charge is 0.216 e. The fraction of sp³-hybridized carbons (Fsp3) is 0.250. The number of rotatable bonds is 2. The van der Waals surface area contributed by atoms with Gasteiger partial charge in [-0.2, -0.15) is 0 Å². The van der Waals surface area contributed by atoms with Crippen molar-refractivity contribution in [2.75, 3.05) is 14.2 Å². The Morgan fingerprint density at radius 2 is 1.73 bits per heavy atom. The predicted molar refractivity (Wildman–Crippen MR) is 58.2 cm³/mol. The monoisotopic (exact) mass is 204 g/mol. The Morgan fingerprint density at radius 1 is 1.07 bits per heavy atom. The summed E-state index contributed by atoms with van der Waals surface area (Å²) in [4.78, 5) is 0. The molecule has 15 heavy (non-hydrogen) atoms. The summed E-state index contributed by atoms with van der Waals surface area (Å²) in [5.74, 6) is 1.52. The number of nitrogens with zero attached hydrogens (tertiary/aromatic N) is 1. The fourth-order valence-electron chi connectivity index (χ4n) is 1.68. The number of aromatic nitrogens is 1. The lowest BCUT2D eigenvalue weighted by molar-refractivity contribution is -0.644. The first-order valence-corrected chi connectivity index (χ1v) is 4.76.